The van der Waals surface area contributed by atoms with E-state index in [-0.39, 0.29) is 11.9 Å². The Morgan fingerprint density at radius 2 is 2.16 bits per heavy atom. The van der Waals surface area contributed by atoms with Gasteiger partial charge in [-0.25, -0.2) is 4.98 Å². The fraction of sp³-hybridized carbons (Fsp3) is 0.435. The number of pyridine rings is 1. The number of halogens is 1. The van der Waals surface area contributed by atoms with E-state index in [0.717, 1.165) is 42.5 Å². The van der Waals surface area contributed by atoms with Gasteiger partial charge >= 0.3 is 0 Å². The van der Waals surface area contributed by atoms with Crippen LogP contribution in [0.3, 0.4) is 0 Å². The fourth-order valence-electron chi connectivity index (χ4n) is 3.60. The van der Waals surface area contributed by atoms with Crippen molar-refractivity contribution in [3.63, 3.8) is 0 Å². The maximum Gasteiger partial charge on any atom is 0.224 e. The molecule has 1 aromatic heterocycles. The van der Waals surface area contributed by atoms with Gasteiger partial charge in [0.2, 0.25) is 5.91 Å². The Bertz CT molecular complexity index is 916. The average Bonchev–Trinajstić information content (AvgIpc) is 3.19. The Morgan fingerprint density at radius 3 is 2.90 bits per heavy atom. The number of hydrogen-bond acceptors (Lipinski definition) is 4. The minimum absolute atomic E-state index is 0.0383. The highest BCUT2D eigenvalue weighted by Gasteiger charge is 2.25. The van der Waals surface area contributed by atoms with Crippen molar-refractivity contribution in [3.05, 3.63) is 53.2 Å². The molecular weight excluding hydrogens is 412 g/mol. The van der Waals surface area contributed by atoms with Crippen LogP contribution in [-0.2, 0) is 11.3 Å². The molecule has 1 aliphatic rings. The van der Waals surface area contributed by atoms with E-state index in [1.807, 2.05) is 50.2 Å². The van der Waals surface area contributed by atoms with E-state index in [1.165, 1.54) is 0 Å². The molecule has 1 fully saturated rings. The lowest BCUT2D eigenvalue weighted by Crippen LogP contribution is -2.44. The van der Waals surface area contributed by atoms with Crippen LogP contribution in [0.2, 0.25) is 5.02 Å². The Kier molecular flexibility index (Phi) is 8.12. The molecule has 1 aromatic carbocycles. The van der Waals surface area contributed by atoms with Crippen molar-refractivity contribution >= 4 is 35.0 Å². The van der Waals surface area contributed by atoms with Crippen molar-refractivity contribution < 1.29 is 4.79 Å². The van der Waals surface area contributed by atoms with E-state index in [0.29, 0.717) is 23.9 Å². The molecule has 7 nitrogen and oxygen atoms in total. The van der Waals surface area contributed by atoms with Crippen molar-refractivity contribution in [2.24, 2.45) is 10.9 Å². The van der Waals surface area contributed by atoms with Crippen LogP contribution < -0.4 is 20.9 Å². The summed E-state index contributed by atoms with van der Waals surface area (Å²) < 4.78 is 0. The molecule has 0 saturated carbocycles. The van der Waals surface area contributed by atoms with Crippen molar-refractivity contribution in [1.82, 2.24) is 15.6 Å². The highest BCUT2D eigenvalue weighted by Crippen LogP contribution is 2.25. The predicted octanol–water partition coefficient (Wildman–Crippen LogP) is 3.66. The van der Waals surface area contributed by atoms with Gasteiger partial charge in [-0.05, 0) is 42.2 Å². The lowest BCUT2D eigenvalue weighted by atomic mass is 10.1. The largest absolute Gasteiger partial charge is 0.353 e. The molecule has 1 saturated heterocycles. The quantitative estimate of drug-likeness (QED) is 0.450. The number of benzene rings is 1. The van der Waals surface area contributed by atoms with Crippen LogP contribution in [0, 0.1) is 5.92 Å². The number of guanidine groups is 1. The number of aromatic nitrogens is 1. The molecule has 1 unspecified atom stereocenters. The summed E-state index contributed by atoms with van der Waals surface area (Å²) >= 11 is 6.28. The first kappa shape index (κ1) is 22.9. The van der Waals surface area contributed by atoms with Gasteiger partial charge in [-0.1, -0.05) is 37.6 Å². The van der Waals surface area contributed by atoms with Crippen LogP contribution in [0.4, 0.5) is 11.5 Å². The number of aliphatic imine (C=N–C) groups is 1. The molecule has 8 heteroatoms. The lowest BCUT2D eigenvalue weighted by molar-refractivity contribution is -0.116. The summed E-state index contributed by atoms with van der Waals surface area (Å²) in [5, 5.41) is 10.5. The summed E-state index contributed by atoms with van der Waals surface area (Å²) in [6.45, 7) is 6.38. The zero-order chi connectivity index (χ0) is 22.2. The van der Waals surface area contributed by atoms with Gasteiger partial charge in [0.25, 0.3) is 0 Å². The number of nitrogens with one attached hydrogen (secondary N) is 3. The van der Waals surface area contributed by atoms with Crippen LogP contribution in [0.1, 0.15) is 32.3 Å². The third-order valence-electron chi connectivity index (χ3n) is 5.06. The zero-order valence-electron chi connectivity index (χ0n) is 18.4. The van der Waals surface area contributed by atoms with Gasteiger partial charge in [-0.3, -0.25) is 9.79 Å². The molecule has 166 valence electrons. The molecule has 1 amide bonds. The smallest absolute Gasteiger partial charge is 0.224 e. The number of rotatable bonds is 7. The van der Waals surface area contributed by atoms with Gasteiger partial charge < -0.3 is 20.9 Å². The number of carbonyl (C=O) groups excluding carboxylic acids is 1. The van der Waals surface area contributed by atoms with Gasteiger partial charge in [0, 0.05) is 51.0 Å². The molecule has 0 radical (unpaired) electrons. The first-order valence-corrected chi connectivity index (χ1v) is 11.0. The highest BCUT2D eigenvalue weighted by molar-refractivity contribution is 6.32. The average molecular weight is 443 g/mol. The molecular formula is C23H31ClN6O. The van der Waals surface area contributed by atoms with Crippen LogP contribution in [0.5, 0.6) is 0 Å². The van der Waals surface area contributed by atoms with E-state index >= 15 is 0 Å². The van der Waals surface area contributed by atoms with Gasteiger partial charge in [0.1, 0.15) is 5.82 Å². The second-order valence-electron chi connectivity index (χ2n) is 8.16. The topological polar surface area (TPSA) is 81.6 Å². The summed E-state index contributed by atoms with van der Waals surface area (Å²) in [4.78, 5) is 23.0. The van der Waals surface area contributed by atoms with Crippen molar-refractivity contribution in [1.29, 1.82) is 0 Å². The Hall–Kier alpha value is -2.80. The molecule has 1 atom stereocenters. The van der Waals surface area contributed by atoms with E-state index in [2.05, 4.69) is 30.8 Å². The third-order valence-corrected chi connectivity index (χ3v) is 5.35. The molecule has 2 aromatic rings. The molecule has 31 heavy (non-hydrogen) atoms. The fourth-order valence-corrected chi connectivity index (χ4v) is 3.84. The summed E-state index contributed by atoms with van der Waals surface area (Å²) in [6, 6.07) is 11.8. The standard InChI is InChI=1S/C23H31ClN6O/c1-16(2)12-21(31)28-18-7-4-6-17(13-18)14-27-23(25-3)29-19-9-11-30(15-19)22-20(24)8-5-10-26-22/h4-8,10,13,16,19H,9,11-12,14-15H2,1-3H3,(H,28,31)(H2,25,27,29). The second-order valence-corrected chi connectivity index (χ2v) is 8.56. The first-order chi connectivity index (χ1) is 14.9. The van der Waals surface area contributed by atoms with Crippen LogP contribution in [-0.4, -0.2) is 43.0 Å². The second kappa shape index (κ2) is 11.0. The van der Waals surface area contributed by atoms with Gasteiger partial charge in [0.15, 0.2) is 5.96 Å². The van der Waals surface area contributed by atoms with E-state index in [4.69, 9.17) is 11.6 Å². The maximum atomic E-state index is 12.0. The van der Waals surface area contributed by atoms with Crippen molar-refractivity contribution in [2.75, 3.05) is 30.4 Å². The van der Waals surface area contributed by atoms with Crippen molar-refractivity contribution in [3.8, 4) is 0 Å². The number of nitrogens with zero attached hydrogens (tertiary/aromatic N) is 3. The number of hydrogen-bond donors (Lipinski definition) is 3. The van der Waals surface area contributed by atoms with Crippen molar-refractivity contribution in [2.45, 2.75) is 39.3 Å². The molecule has 2 heterocycles. The van der Waals surface area contributed by atoms with Gasteiger partial charge in [0.05, 0.1) is 5.02 Å². The predicted molar refractivity (Wildman–Crippen MR) is 128 cm³/mol. The molecule has 1 aliphatic heterocycles. The van der Waals surface area contributed by atoms with E-state index in [1.54, 1.807) is 13.2 Å². The van der Waals surface area contributed by atoms with E-state index in [9.17, 15) is 4.79 Å². The van der Waals surface area contributed by atoms with E-state index < -0.39 is 0 Å². The Morgan fingerprint density at radius 1 is 1.32 bits per heavy atom. The molecule has 0 bridgehead atoms. The minimum atomic E-state index is 0.0383. The summed E-state index contributed by atoms with van der Waals surface area (Å²) in [7, 11) is 1.76. The normalized spacial score (nSPS) is 16.5. The molecule has 0 aliphatic carbocycles. The first-order valence-electron chi connectivity index (χ1n) is 10.7. The Balaban J connectivity index is 1.50. The number of anilines is 2. The van der Waals surface area contributed by atoms with Crippen LogP contribution >= 0.6 is 11.6 Å². The summed E-state index contributed by atoms with van der Waals surface area (Å²) in [5.41, 5.74) is 1.88. The minimum Gasteiger partial charge on any atom is -0.353 e. The van der Waals surface area contributed by atoms with Gasteiger partial charge in [-0.15, -0.1) is 0 Å². The molecule has 3 rings (SSSR count). The monoisotopic (exact) mass is 442 g/mol. The zero-order valence-corrected chi connectivity index (χ0v) is 19.1. The lowest BCUT2D eigenvalue weighted by Gasteiger charge is -2.20. The highest BCUT2D eigenvalue weighted by atomic mass is 35.5. The molecule has 0 spiro atoms. The van der Waals surface area contributed by atoms with Crippen LogP contribution in [0.15, 0.2) is 47.6 Å². The number of carbonyl (C=O) groups is 1. The SMILES string of the molecule is CN=C(NCc1cccc(NC(=O)CC(C)C)c1)NC1CCN(c2ncccc2Cl)C1. The van der Waals surface area contributed by atoms with Crippen LogP contribution in [0.25, 0.3) is 0 Å². The number of amides is 1. The molecule has 3 N–H and O–H groups in total. The third kappa shape index (κ3) is 6.85. The van der Waals surface area contributed by atoms with Gasteiger partial charge in [-0.2, -0.15) is 0 Å². The summed E-state index contributed by atoms with van der Waals surface area (Å²) in [5.74, 6) is 1.94. The summed E-state index contributed by atoms with van der Waals surface area (Å²) in [6.07, 6.45) is 3.26. The maximum absolute atomic E-state index is 12.0. The Labute approximate surface area is 189 Å².